The van der Waals surface area contributed by atoms with Crippen molar-refractivity contribution in [1.82, 2.24) is 9.80 Å². The van der Waals surface area contributed by atoms with Gasteiger partial charge in [0.25, 0.3) is 0 Å². The fraction of sp³-hybridized carbons (Fsp3) is 1.00. The number of piperidine rings is 2. The van der Waals surface area contributed by atoms with E-state index >= 15 is 0 Å². The van der Waals surface area contributed by atoms with E-state index in [0.29, 0.717) is 6.10 Å². The summed E-state index contributed by atoms with van der Waals surface area (Å²) >= 11 is 0. The van der Waals surface area contributed by atoms with Gasteiger partial charge in [-0.15, -0.1) is 0 Å². The average molecular weight is 255 g/mol. The first-order chi connectivity index (χ1) is 8.74. The van der Waals surface area contributed by atoms with Gasteiger partial charge in [0.2, 0.25) is 0 Å². The van der Waals surface area contributed by atoms with Crippen molar-refractivity contribution >= 4 is 0 Å². The van der Waals surface area contributed by atoms with Crippen LogP contribution < -0.4 is 5.73 Å². The van der Waals surface area contributed by atoms with Gasteiger partial charge < -0.3 is 15.4 Å². The molecule has 0 aliphatic carbocycles. The van der Waals surface area contributed by atoms with E-state index in [-0.39, 0.29) is 5.54 Å². The molecule has 106 valence electrons. The fourth-order valence-corrected chi connectivity index (χ4v) is 3.50. The molecule has 2 fully saturated rings. The van der Waals surface area contributed by atoms with Gasteiger partial charge in [-0.05, 0) is 45.3 Å². The number of hydrogen-bond donors (Lipinski definition) is 1. The molecule has 2 N–H and O–H groups in total. The first-order valence-corrected chi connectivity index (χ1v) is 7.44. The molecule has 0 unspecified atom stereocenters. The van der Waals surface area contributed by atoms with E-state index in [1.807, 2.05) is 7.11 Å². The number of nitrogens with zero attached hydrogens (tertiary/aromatic N) is 2. The lowest BCUT2D eigenvalue weighted by molar-refractivity contribution is -0.0262. The highest BCUT2D eigenvalue weighted by Crippen LogP contribution is 2.31. The quantitative estimate of drug-likeness (QED) is 0.811. The van der Waals surface area contributed by atoms with Gasteiger partial charge in [0.15, 0.2) is 0 Å². The predicted octanol–water partition coefficient (Wildman–Crippen LogP) is 0.910. The lowest BCUT2D eigenvalue weighted by Gasteiger charge is -2.50. The summed E-state index contributed by atoms with van der Waals surface area (Å²) < 4.78 is 5.46. The van der Waals surface area contributed by atoms with Gasteiger partial charge in [0.05, 0.1) is 6.10 Å². The molecule has 0 aromatic heterocycles. The first-order valence-electron chi connectivity index (χ1n) is 7.44. The van der Waals surface area contributed by atoms with Crippen LogP contribution in [0, 0.1) is 0 Å². The molecular weight excluding hydrogens is 226 g/mol. The monoisotopic (exact) mass is 255 g/mol. The minimum atomic E-state index is 0.268. The maximum atomic E-state index is 6.13. The number of methoxy groups -OCH3 is 1. The number of ether oxygens (including phenoxy) is 1. The largest absolute Gasteiger partial charge is 0.381 e. The maximum Gasteiger partial charge on any atom is 0.0595 e. The second-order valence-electron chi connectivity index (χ2n) is 5.78. The van der Waals surface area contributed by atoms with Crippen molar-refractivity contribution in [3.05, 3.63) is 0 Å². The number of rotatable bonds is 4. The van der Waals surface area contributed by atoms with Crippen molar-refractivity contribution in [3.8, 4) is 0 Å². The van der Waals surface area contributed by atoms with Crippen LogP contribution in [0.25, 0.3) is 0 Å². The van der Waals surface area contributed by atoms with Crippen LogP contribution in [0.2, 0.25) is 0 Å². The van der Waals surface area contributed by atoms with E-state index in [9.17, 15) is 0 Å². The molecule has 0 amide bonds. The zero-order valence-electron chi connectivity index (χ0n) is 12.0. The third-order valence-electron chi connectivity index (χ3n) is 5.06. The van der Waals surface area contributed by atoms with E-state index in [4.69, 9.17) is 10.5 Å². The van der Waals surface area contributed by atoms with Crippen LogP contribution in [0.15, 0.2) is 0 Å². The molecular formula is C14H29N3O. The Bertz CT molecular complexity index is 243. The summed E-state index contributed by atoms with van der Waals surface area (Å²) in [5, 5.41) is 0. The molecule has 2 aliphatic heterocycles. The Labute approximate surface area is 111 Å². The highest BCUT2D eigenvalue weighted by molar-refractivity contribution is 4.97. The van der Waals surface area contributed by atoms with Crippen LogP contribution in [0.3, 0.4) is 0 Å². The first kappa shape index (κ1) is 14.3. The molecule has 0 atom stereocenters. The SMILES string of the molecule is CCN1CCC(CN)(N2CCC(OC)CC2)CC1. The van der Waals surface area contributed by atoms with Gasteiger partial charge in [-0.25, -0.2) is 0 Å². The van der Waals surface area contributed by atoms with Crippen LogP contribution in [-0.4, -0.2) is 67.8 Å². The molecule has 0 aromatic carbocycles. The molecule has 0 bridgehead atoms. The van der Waals surface area contributed by atoms with Crippen molar-refractivity contribution in [3.63, 3.8) is 0 Å². The summed E-state index contributed by atoms with van der Waals surface area (Å²) in [6, 6.07) is 0. The Morgan fingerprint density at radius 3 is 2.22 bits per heavy atom. The number of nitrogens with two attached hydrogens (primary N) is 1. The van der Waals surface area contributed by atoms with Crippen molar-refractivity contribution < 1.29 is 4.74 Å². The van der Waals surface area contributed by atoms with Gasteiger partial charge in [-0.2, -0.15) is 0 Å². The Morgan fingerprint density at radius 2 is 1.78 bits per heavy atom. The summed E-state index contributed by atoms with van der Waals surface area (Å²) in [5.41, 5.74) is 6.40. The van der Waals surface area contributed by atoms with E-state index in [2.05, 4.69) is 16.7 Å². The van der Waals surface area contributed by atoms with Crippen LogP contribution >= 0.6 is 0 Å². The summed E-state index contributed by atoms with van der Waals surface area (Å²) in [5.74, 6) is 0. The predicted molar refractivity (Wildman–Crippen MR) is 74.7 cm³/mol. The summed E-state index contributed by atoms with van der Waals surface area (Å²) in [6.45, 7) is 8.95. The molecule has 2 rings (SSSR count). The standard InChI is InChI=1S/C14H29N3O/c1-3-16-10-6-14(12-15,7-11-16)17-8-4-13(18-2)5-9-17/h13H,3-12,15H2,1-2H3. The van der Waals surface area contributed by atoms with E-state index in [1.54, 1.807) is 0 Å². The zero-order chi connectivity index (χ0) is 13.0. The molecule has 2 aliphatic rings. The van der Waals surface area contributed by atoms with Crippen molar-refractivity contribution in [2.75, 3.05) is 46.4 Å². The smallest absolute Gasteiger partial charge is 0.0595 e. The maximum absolute atomic E-state index is 6.13. The van der Waals surface area contributed by atoms with Crippen LogP contribution in [0.5, 0.6) is 0 Å². The molecule has 0 aromatic rings. The number of hydrogen-bond acceptors (Lipinski definition) is 4. The van der Waals surface area contributed by atoms with Crippen LogP contribution in [0.1, 0.15) is 32.6 Å². The molecule has 0 spiro atoms. The minimum Gasteiger partial charge on any atom is -0.381 e. The molecule has 2 saturated heterocycles. The molecule has 0 saturated carbocycles. The molecule has 4 heteroatoms. The van der Waals surface area contributed by atoms with Gasteiger partial charge in [-0.1, -0.05) is 6.92 Å². The summed E-state index contributed by atoms with van der Waals surface area (Å²) in [7, 11) is 1.83. The molecule has 2 heterocycles. The van der Waals surface area contributed by atoms with Gasteiger partial charge >= 0.3 is 0 Å². The fourth-order valence-electron chi connectivity index (χ4n) is 3.50. The van der Waals surface area contributed by atoms with Crippen molar-refractivity contribution in [1.29, 1.82) is 0 Å². The third-order valence-corrected chi connectivity index (χ3v) is 5.06. The van der Waals surface area contributed by atoms with Crippen LogP contribution in [0.4, 0.5) is 0 Å². The van der Waals surface area contributed by atoms with E-state index in [0.717, 1.165) is 32.5 Å². The molecule has 0 radical (unpaired) electrons. The number of likely N-dealkylation sites (tertiary alicyclic amines) is 2. The second-order valence-corrected chi connectivity index (χ2v) is 5.78. The average Bonchev–Trinajstić information content (AvgIpc) is 2.47. The lowest BCUT2D eigenvalue weighted by Crippen LogP contribution is -2.61. The van der Waals surface area contributed by atoms with Gasteiger partial charge in [0, 0.05) is 32.3 Å². The van der Waals surface area contributed by atoms with Crippen LogP contribution in [-0.2, 0) is 4.74 Å². The molecule has 18 heavy (non-hydrogen) atoms. The topological polar surface area (TPSA) is 41.7 Å². The summed E-state index contributed by atoms with van der Waals surface area (Å²) in [4.78, 5) is 5.19. The Kier molecular flexibility index (Phi) is 5.01. The highest BCUT2D eigenvalue weighted by Gasteiger charge is 2.39. The Balaban J connectivity index is 1.92. The van der Waals surface area contributed by atoms with Crippen molar-refractivity contribution in [2.45, 2.75) is 44.2 Å². The highest BCUT2D eigenvalue weighted by atomic mass is 16.5. The Morgan fingerprint density at radius 1 is 1.17 bits per heavy atom. The van der Waals surface area contributed by atoms with E-state index in [1.165, 1.54) is 32.5 Å². The minimum absolute atomic E-state index is 0.268. The summed E-state index contributed by atoms with van der Waals surface area (Å²) in [6.07, 6.45) is 5.25. The lowest BCUT2D eigenvalue weighted by atomic mass is 9.84. The Hall–Kier alpha value is -0.160. The normalized spacial score (nSPS) is 27.5. The van der Waals surface area contributed by atoms with Crippen molar-refractivity contribution in [2.24, 2.45) is 5.73 Å². The van der Waals surface area contributed by atoms with E-state index < -0.39 is 0 Å². The third kappa shape index (κ3) is 2.87. The molecule has 4 nitrogen and oxygen atoms in total. The second kappa shape index (κ2) is 6.33. The van der Waals surface area contributed by atoms with Gasteiger partial charge in [0.1, 0.15) is 0 Å². The zero-order valence-corrected chi connectivity index (χ0v) is 12.0. The van der Waals surface area contributed by atoms with Gasteiger partial charge in [-0.3, -0.25) is 4.90 Å².